The molecule has 4 atom stereocenters. The van der Waals surface area contributed by atoms with Crippen LogP contribution in [0.15, 0.2) is 91.0 Å². The van der Waals surface area contributed by atoms with E-state index in [-0.39, 0.29) is 6.04 Å². The first-order chi connectivity index (χ1) is 12.3. The van der Waals surface area contributed by atoms with E-state index in [1.54, 1.807) is 0 Å². The van der Waals surface area contributed by atoms with Gasteiger partial charge in [-0.3, -0.25) is 0 Å². The van der Waals surface area contributed by atoms with Crippen molar-refractivity contribution < 1.29 is 0 Å². The highest BCUT2D eigenvalue weighted by Crippen LogP contribution is 2.48. The molecule has 1 saturated carbocycles. The van der Waals surface area contributed by atoms with E-state index in [1.165, 1.54) is 23.1 Å². The lowest BCUT2D eigenvalue weighted by atomic mass is 9.64. The summed E-state index contributed by atoms with van der Waals surface area (Å²) in [6.45, 7) is 0. The molecule has 1 fully saturated rings. The van der Waals surface area contributed by atoms with Gasteiger partial charge in [-0.15, -0.1) is 0 Å². The molecule has 25 heavy (non-hydrogen) atoms. The second-order valence-electron chi connectivity index (χ2n) is 7.13. The van der Waals surface area contributed by atoms with Crippen molar-refractivity contribution in [2.75, 3.05) is 0 Å². The molecule has 1 nitrogen and oxygen atoms in total. The van der Waals surface area contributed by atoms with Gasteiger partial charge in [0.25, 0.3) is 0 Å². The number of hydrogen-bond donors (Lipinski definition) is 1. The van der Waals surface area contributed by atoms with Crippen molar-refractivity contribution in [3.8, 4) is 0 Å². The van der Waals surface area contributed by atoms with Gasteiger partial charge in [0.15, 0.2) is 0 Å². The molecule has 0 saturated heterocycles. The molecule has 1 aliphatic rings. The molecule has 126 valence electrons. The van der Waals surface area contributed by atoms with E-state index in [1.807, 2.05) is 0 Å². The van der Waals surface area contributed by atoms with Crippen LogP contribution in [0.1, 0.15) is 47.3 Å². The monoisotopic (exact) mass is 327 g/mol. The van der Waals surface area contributed by atoms with Crippen molar-refractivity contribution in [3.63, 3.8) is 0 Å². The van der Waals surface area contributed by atoms with E-state index < -0.39 is 0 Å². The van der Waals surface area contributed by atoms with Crippen LogP contribution >= 0.6 is 0 Å². The fraction of sp³-hybridized carbons (Fsp3) is 0.250. The second-order valence-corrected chi connectivity index (χ2v) is 7.13. The van der Waals surface area contributed by atoms with Gasteiger partial charge in [-0.1, -0.05) is 91.0 Å². The highest BCUT2D eigenvalue weighted by Gasteiger charge is 2.39. The lowest BCUT2D eigenvalue weighted by molar-refractivity contribution is 0.300. The zero-order chi connectivity index (χ0) is 17.1. The molecular formula is C24H25N. The summed E-state index contributed by atoms with van der Waals surface area (Å²) < 4.78 is 0. The van der Waals surface area contributed by atoms with Crippen molar-refractivity contribution in [2.24, 2.45) is 5.73 Å². The summed E-state index contributed by atoms with van der Waals surface area (Å²) in [6.07, 6.45) is 2.32. The molecule has 0 aliphatic heterocycles. The average Bonchev–Trinajstić information content (AvgIpc) is 2.70. The molecule has 4 rings (SSSR count). The average molecular weight is 327 g/mol. The minimum absolute atomic E-state index is 0.128. The second kappa shape index (κ2) is 7.25. The van der Waals surface area contributed by atoms with Crippen LogP contribution in [0.5, 0.6) is 0 Å². The quantitative estimate of drug-likeness (QED) is 0.679. The fourth-order valence-corrected chi connectivity index (χ4v) is 4.54. The Balaban J connectivity index is 1.73. The van der Waals surface area contributed by atoms with Gasteiger partial charge in [-0.25, -0.2) is 0 Å². The Morgan fingerprint density at radius 1 is 0.520 bits per heavy atom. The Morgan fingerprint density at radius 2 is 0.920 bits per heavy atom. The van der Waals surface area contributed by atoms with Crippen molar-refractivity contribution in [3.05, 3.63) is 108 Å². The lowest BCUT2D eigenvalue weighted by Gasteiger charge is -2.42. The summed E-state index contributed by atoms with van der Waals surface area (Å²) in [5, 5.41) is 0. The van der Waals surface area contributed by atoms with E-state index in [9.17, 15) is 0 Å². The van der Waals surface area contributed by atoms with Crippen molar-refractivity contribution in [1.82, 2.24) is 0 Å². The molecule has 2 N–H and O–H groups in total. The summed E-state index contributed by atoms with van der Waals surface area (Å²) in [7, 11) is 0. The minimum atomic E-state index is 0.128. The molecule has 0 spiro atoms. The summed E-state index contributed by atoms with van der Waals surface area (Å²) in [5.41, 5.74) is 11.1. The van der Waals surface area contributed by atoms with Gasteiger partial charge in [0.1, 0.15) is 0 Å². The van der Waals surface area contributed by atoms with E-state index in [2.05, 4.69) is 91.0 Å². The molecule has 0 amide bonds. The summed E-state index contributed by atoms with van der Waals surface area (Å²) in [6, 6.07) is 32.7. The van der Waals surface area contributed by atoms with E-state index >= 15 is 0 Å². The molecule has 1 heteroatoms. The molecular weight excluding hydrogens is 302 g/mol. The third-order valence-corrected chi connectivity index (χ3v) is 5.74. The van der Waals surface area contributed by atoms with Gasteiger partial charge in [-0.2, -0.15) is 0 Å². The zero-order valence-electron chi connectivity index (χ0n) is 14.5. The van der Waals surface area contributed by atoms with Gasteiger partial charge >= 0.3 is 0 Å². The number of hydrogen-bond acceptors (Lipinski definition) is 1. The van der Waals surface area contributed by atoms with E-state index in [4.69, 9.17) is 5.73 Å². The maximum absolute atomic E-state index is 6.92. The number of benzene rings is 3. The van der Waals surface area contributed by atoms with Crippen LogP contribution < -0.4 is 5.73 Å². The standard InChI is InChI=1S/C24H25N/c25-24-22(19-12-6-2-7-13-19)17-16-21(18-10-4-1-5-11-18)23(24)20-14-8-3-9-15-20/h1-15,21-24H,16-17,25H2. The SMILES string of the molecule is NC1C(c2ccccc2)CCC(c2ccccc2)C1c1ccccc1. The molecule has 0 bridgehead atoms. The third-order valence-electron chi connectivity index (χ3n) is 5.74. The van der Waals surface area contributed by atoms with Crippen molar-refractivity contribution >= 4 is 0 Å². The first-order valence-electron chi connectivity index (χ1n) is 9.25. The zero-order valence-corrected chi connectivity index (χ0v) is 14.5. The van der Waals surface area contributed by atoms with Gasteiger partial charge in [0.05, 0.1) is 0 Å². The molecule has 0 aromatic heterocycles. The van der Waals surface area contributed by atoms with E-state index in [0.29, 0.717) is 17.8 Å². The molecule has 0 radical (unpaired) electrons. The fourth-order valence-electron chi connectivity index (χ4n) is 4.54. The molecule has 1 aliphatic carbocycles. The smallest absolute Gasteiger partial charge is 0.0183 e. The van der Waals surface area contributed by atoms with Crippen LogP contribution in [0.4, 0.5) is 0 Å². The summed E-state index contributed by atoms with van der Waals surface area (Å²) >= 11 is 0. The lowest BCUT2D eigenvalue weighted by Crippen LogP contribution is -2.41. The topological polar surface area (TPSA) is 26.0 Å². The highest BCUT2D eigenvalue weighted by atomic mass is 14.7. The van der Waals surface area contributed by atoms with Crippen LogP contribution in [-0.2, 0) is 0 Å². The van der Waals surface area contributed by atoms with Crippen LogP contribution in [0.3, 0.4) is 0 Å². The van der Waals surface area contributed by atoms with E-state index in [0.717, 1.165) is 6.42 Å². The Bertz CT molecular complexity index is 782. The number of rotatable bonds is 3. The van der Waals surface area contributed by atoms with Crippen LogP contribution in [0.2, 0.25) is 0 Å². The molecule has 3 aromatic rings. The summed E-state index contributed by atoms with van der Waals surface area (Å²) in [5.74, 6) is 1.26. The first-order valence-corrected chi connectivity index (χ1v) is 9.25. The van der Waals surface area contributed by atoms with Gasteiger partial charge < -0.3 is 5.73 Å². The maximum Gasteiger partial charge on any atom is 0.0183 e. The molecule has 0 heterocycles. The van der Waals surface area contributed by atoms with Gasteiger partial charge in [0, 0.05) is 12.0 Å². The Labute approximate surface area is 150 Å². The highest BCUT2D eigenvalue weighted by molar-refractivity contribution is 5.34. The van der Waals surface area contributed by atoms with Gasteiger partial charge in [0.2, 0.25) is 0 Å². The normalized spacial score (nSPS) is 26.3. The van der Waals surface area contributed by atoms with Crippen molar-refractivity contribution in [1.29, 1.82) is 0 Å². The van der Waals surface area contributed by atoms with Gasteiger partial charge in [-0.05, 0) is 41.4 Å². The Hall–Kier alpha value is -2.38. The van der Waals surface area contributed by atoms with Crippen LogP contribution in [-0.4, -0.2) is 6.04 Å². The molecule has 3 aromatic carbocycles. The predicted octanol–water partition coefficient (Wildman–Crippen LogP) is 5.46. The number of nitrogens with two attached hydrogens (primary N) is 1. The van der Waals surface area contributed by atoms with Crippen LogP contribution in [0.25, 0.3) is 0 Å². The van der Waals surface area contributed by atoms with Crippen molar-refractivity contribution in [2.45, 2.75) is 36.6 Å². The largest absolute Gasteiger partial charge is 0.327 e. The minimum Gasteiger partial charge on any atom is -0.327 e. The summed E-state index contributed by atoms with van der Waals surface area (Å²) in [4.78, 5) is 0. The first kappa shape index (κ1) is 16.1. The molecule has 4 unspecified atom stereocenters. The Morgan fingerprint density at radius 3 is 1.44 bits per heavy atom. The third kappa shape index (κ3) is 3.25. The Kier molecular flexibility index (Phi) is 4.67. The predicted molar refractivity (Wildman–Crippen MR) is 105 cm³/mol. The van der Waals surface area contributed by atoms with Crippen LogP contribution in [0, 0.1) is 0 Å². The maximum atomic E-state index is 6.92.